The molecule has 0 fully saturated rings. The van der Waals surface area contributed by atoms with Crippen molar-refractivity contribution in [3.63, 3.8) is 0 Å². The van der Waals surface area contributed by atoms with Gasteiger partial charge in [0.15, 0.2) is 0 Å². The van der Waals surface area contributed by atoms with Gasteiger partial charge in [-0.3, -0.25) is 0 Å². The second-order valence-electron chi connectivity index (χ2n) is 0. The van der Waals surface area contributed by atoms with Crippen molar-refractivity contribution >= 4 is 23.1 Å². The minimum Gasteiger partial charge on any atom is -2.00 e. The van der Waals surface area contributed by atoms with E-state index in [0.29, 0.717) is 0 Å². The second kappa shape index (κ2) is 180. The average molecular weight is 202 g/mol. The molecular weight excluding hydrogens is 200 g/mol. The minimum atomic E-state index is 0. The molecule has 0 atom stereocenters. The van der Waals surface area contributed by atoms with Gasteiger partial charge in [-0.2, -0.15) is 0 Å². The monoisotopic (exact) mass is 204 g/mol. The Kier molecular flexibility index (Phi) is 7110. The van der Waals surface area contributed by atoms with Crippen molar-refractivity contribution in [1.82, 2.24) is 0 Å². The largest absolute Gasteiger partial charge is 6.00 e. The quantitative estimate of drug-likeness (QED) is 0.413. The molecule has 0 amide bonds. The van der Waals surface area contributed by atoms with E-state index in [2.05, 4.69) is 0 Å². The van der Waals surface area contributed by atoms with Crippen LogP contribution in [0.25, 0.3) is 0 Å². The second-order valence-corrected chi connectivity index (χ2v) is 0. The van der Waals surface area contributed by atoms with E-state index in [1.165, 1.54) is 0 Å². The summed E-state index contributed by atoms with van der Waals surface area (Å²) >= 11 is 0. The number of hydrogen-bond acceptors (Lipinski definition) is 0. The van der Waals surface area contributed by atoms with Crippen molar-refractivity contribution in [3.05, 3.63) is 0 Å². The molecule has 0 unspecified atom stereocenters. The third-order valence-corrected chi connectivity index (χ3v) is 0. The van der Waals surface area contributed by atoms with Crippen LogP contribution < -0.4 is 0 Å². The molecule has 7 heavy (non-hydrogen) atoms. The first-order valence-electron chi connectivity index (χ1n) is 0. The Morgan fingerprint density at radius 1 is 0.571 bits per heavy atom. The van der Waals surface area contributed by atoms with E-state index in [-0.39, 0.29) is 71.5 Å². The van der Waals surface area contributed by atoms with Crippen LogP contribution in [0.5, 0.6) is 0 Å². The van der Waals surface area contributed by atoms with Crippen LogP contribution in [0.3, 0.4) is 0 Å². The molecule has 7 heteroatoms. The van der Waals surface area contributed by atoms with Gasteiger partial charge in [0.25, 0.3) is 0 Å². The molecule has 0 heterocycles. The van der Waals surface area contributed by atoms with Crippen LogP contribution in [0.1, 0.15) is 0 Å². The van der Waals surface area contributed by atoms with E-state index >= 15 is 0 Å². The molecule has 40 valence electrons. The van der Waals surface area contributed by atoms with Gasteiger partial charge in [0, 0.05) is 0 Å². The average Bonchev–Trinajstić information content (AvgIpc) is 0. The third-order valence-electron chi connectivity index (χ3n) is 0. The maximum Gasteiger partial charge on any atom is 6.00 e. The van der Waals surface area contributed by atoms with Crippen LogP contribution in [0.2, 0.25) is 0 Å². The Hall–Kier alpha value is 1.25. The molecular formula is H2MgMoO5. The van der Waals surface area contributed by atoms with Crippen molar-refractivity contribution in [1.29, 1.82) is 0 Å². The Morgan fingerprint density at radius 3 is 0.571 bits per heavy atom. The fourth-order valence-corrected chi connectivity index (χ4v) is 0. The third kappa shape index (κ3) is 127. The molecule has 0 radical (unpaired) electrons. The van der Waals surface area contributed by atoms with Crippen LogP contribution in [-0.4, -0.2) is 28.5 Å². The maximum atomic E-state index is 0. The molecule has 0 saturated carbocycles. The summed E-state index contributed by atoms with van der Waals surface area (Å²) in [5.74, 6) is 0. The molecule has 2 N–H and O–H groups in total. The van der Waals surface area contributed by atoms with Crippen molar-refractivity contribution in [2.24, 2.45) is 0 Å². The fourth-order valence-electron chi connectivity index (χ4n) is 0. The number of hydrogen-bond donors (Lipinski definition) is 0. The predicted molar refractivity (Wildman–Crippen MR) is 12.1 cm³/mol. The van der Waals surface area contributed by atoms with Crippen molar-refractivity contribution in [3.8, 4) is 0 Å². The zero-order valence-electron chi connectivity index (χ0n) is 3.25. The molecule has 0 aliphatic carbocycles. The summed E-state index contributed by atoms with van der Waals surface area (Å²) in [5.41, 5.74) is 0. The maximum absolute atomic E-state index is 0. The molecule has 0 aromatic carbocycles. The summed E-state index contributed by atoms with van der Waals surface area (Å²) in [4.78, 5) is 0. The van der Waals surface area contributed by atoms with Gasteiger partial charge in [0.1, 0.15) is 0 Å². The fraction of sp³-hybridized carbons (Fsp3) is 0. The van der Waals surface area contributed by atoms with Crippen molar-refractivity contribution in [2.75, 3.05) is 0 Å². The Bertz CT molecular complexity index is 8.04. The zero-order valence-corrected chi connectivity index (χ0v) is 6.67. The first-order chi connectivity index (χ1) is 0. The van der Waals surface area contributed by atoms with E-state index in [1.54, 1.807) is 0 Å². The first-order valence-corrected chi connectivity index (χ1v) is 0. The van der Waals surface area contributed by atoms with Gasteiger partial charge in [-0.15, -0.1) is 0 Å². The number of rotatable bonds is 0. The first kappa shape index (κ1) is 276. The van der Waals surface area contributed by atoms with Gasteiger partial charge < -0.3 is 27.4 Å². The van der Waals surface area contributed by atoms with E-state index < -0.39 is 0 Å². The van der Waals surface area contributed by atoms with E-state index in [9.17, 15) is 0 Å². The summed E-state index contributed by atoms with van der Waals surface area (Å²) in [7, 11) is 0. The molecule has 0 aromatic heterocycles. The molecule has 5 nitrogen and oxygen atoms in total. The van der Waals surface area contributed by atoms with E-state index in [4.69, 9.17) is 0 Å². The topological polar surface area (TPSA) is 146 Å². The van der Waals surface area contributed by atoms with Gasteiger partial charge in [0.05, 0.1) is 0 Å². The predicted octanol–water partition coefficient (Wildman–Crippen LogP) is -1.68. The van der Waals surface area contributed by atoms with Crippen LogP contribution in [-0.2, 0) is 43.0 Å². The zero-order chi connectivity index (χ0) is 0. The van der Waals surface area contributed by atoms with Crippen LogP contribution >= 0.6 is 0 Å². The van der Waals surface area contributed by atoms with E-state index in [1.807, 2.05) is 0 Å². The SMILES string of the molecule is O.[Mg+2].[Mo+6].[O-2].[O-2].[O-2].[O-2]. The summed E-state index contributed by atoms with van der Waals surface area (Å²) in [5, 5.41) is 0. The summed E-state index contributed by atoms with van der Waals surface area (Å²) in [6.07, 6.45) is 0. The van der Waals surface area contributed by atoms with E-state index in [0.717, 1.165) is 0 Å². The standard InChI is InChI=1S/Mg.Mo.H2O.4O/h;;1H2;;;;/q+2;+6;;4*-2. The molecule has 0 spiro atoms. The molecule has 0 rings (SSSR count). The Balaban J connectivity index is 0. The van der Waals surface area contributed by atoms with Crippen molar-refractivity contribution < 1.29 is 48.4 Å². The summed E-state index contributed by atoms with van der Waals surface area (Å²) in [6.45, 7) is 0. The van der Waals surface area contributed by atoms with Gasteiger partial charge in [-0.25, -0.2) is 0 Å². The van der Waals surface area contributed by atoms with Crippen LogP contribution in [0, 0.1) is 0 Å². The molecule has 0 saturated heterocycles. The van der Waals surface area contributed by atoms with Gasteiger partial charge in [-0.1, -0.05) is 0 Å². The smallest absolute Gasteiger partial charge is 2.00 e. The Morgan fingerprint density at radius 2 is 0.571 bits per heavy atom. The Labute approximate surface area is 71.4 Å². The van der Waals surface area contributed by atoms with Crippen molar-refractivity contribution in [2.45, 2.75) is 0 Å². The van der Waals surface area contributed by atoms with Gasteiger partial charge in [-0.05, 0) is 0 Å². The molecule has 0 aromatic rings. The normalized spacial score (nSPS) is 0. The molecule has 0 bridgehead atoms. The van der Waals surface area contributed by atoms with Gasteiger partial charge in [0.2, 0.25) is 0 Å². The van der Waals surface area contributed by atoms with Gasteiger partial charge >= 0.3 is 44.1 Å². The molecule has 0 aliphatic rings. The van der Waals surface area contributed by atoms with Crippen LogP contribution in [0.15, 0.2) is 0 Å². The van der Waals surface area contributed by atoms with Crippen LogP contribution in [0.4, 0.5) is 0 Å². The minimum absolute atomic E-state index is 0. The molecule has 0 aliphatic heterocycles. The summed E-state index contributed by atoms with van der Waals surface area (Å²) in [6, 6.07) is 0. The summed E-state index contributed by atoms with van der Waals surface area (Å²) < 4.78 is 0.